The van der Waals surface area contributed by atoms with Crippen LogP contribution in [0.1, 0.15) is 13.3 Å². The van der Waals surface area contributed by atoms with Crippen molar-refractivity contribution in [3.05, 3.63) is 24.3 Å². The van der Waals surface area contributed by atoms with E-state index in [0.717, 1.165) is 37.3 Å². The zero-order chi connectivity index (χ0) is 10.5. The maximum Gasteiger partial charge on any atom is 0.493 e. The highest BCUT2D eigenvalue weighted by atomic mass is 16.6. The molecule has 0 atom stereocenters. The second kappa shape index (κ2) is 5.19. The smallest absolute Gasteiger partial charge is 0.407 e. The first kappa shape index (κ1) is 10.5. The fourth-order valence-electron chi connectivity index (χ4n) is 1.68. The molecule has 0 bridgehead atoms. The molecule has 3 nitrogen and oxygen atoms in total. The number of hydrogen-bond donors (Lipinski definition) is 1. The summed E-state index contributed by atoms with van der Waals surface area (Å²) >= 11 is 0. The topological polar surface area (TPSA) is 30.5 Å². The average Bonchev–Trinajstić information content (AvgIpc) is 2.31. The Bertz CT molecular complexity index is 313. The predicted molar refractivity (Wildman–Crippen MR) is 62.5 cm³/mol. The maximum atomic E-state index is 5.55. The van der Waals surface area contributed by atoms with Gasteiger partial charge in [0.15, 0.2) is 0 Å². The van der Waals surface area contributed by atoms with Gasteiger partial charge in [-0.25, -0.2) is 0 Å². The standard InChI is InChI=1S/C11H16BNO2/c1-2-13-11-6-3-5-10(9-11)12-14-7-4-8-15-12/h3,5-6,9,13H,2,4,7-8H2,1H3. The molecule has 1 fully saturated rings. The fraction of sp³-hybridized carbons (Fsp3) is 0.455. The van der Waals surface area contributed by atoms with E-state index >= 15 is 0 Å². The van der Waals surface area contributed by atoms with E-state index in [0.29, 0.717) is 0 Å². The summed E-state index contributed by atoms with van der Waals surface area (Å²) in [6.45, 7) is 4.59. The van der Waals surface area contributed by atoms with Gasteiger partial charge in [0, 0.05) is 25.4 Å². The summed E-state index contributed by atoms with van der Waals surface area (Å²) in [5.74, 6) is 0. The summed E-state index contributed by atoms with van der Waals surface area (Å²) in [5, 5.41) is 3.28. The molecule has 0 radical (unpaired) electrons. The highest BCUT2D eigenvalue weighted by Gasteiger charge is 2.24. The lowest BCUT2D eigenvalue weighted by Crippen LogP contribution is -2.40. The van der Waals surface area contributed by atoms with E-state index < -0.39 is 0 Å². The molecule has 80 valence electrons. The number of benzene rings is 1. The van der Waals surface area contributed by atoms with Crippen LogP contribution in [-0.2, 0) is 9.31 Å². The average molecular weight is 205 g/mol. The van der Waals surface area contributed by atoms with Gasteiger partial charge in [0.2, 0.25) is 0 Å². The lowest BCUT2D eigenvalue weighted by Gasteiger charge is -2.20. The quantitative estimate of drug-likeness (QED) is 0.753. The molecule has 0 saturated carbocycles. The van der Waals surface area contributed by atoms with Gasteiger partial charge in [-0.2, -0.15) is 0 Å². The Balaban J connectivity index is 2.09. The van der Waals surface area contributed by atoms with E-state index in [9.17, 15) is 0 Å². The van der Waals surface area contributed by atoms with Crippen LogP contribution in [0.15, 0.2) is 24.3 Å². The first-order chi connectivity index (χ1) is 7.40. The van der Waals surface area contributed by atoms with Crippen LogP contribution in [0.25, 0.3) is 0 Å². The molecule has 1 aromatic rings. The summed E-state index contributed by atoms with van der Waals surface area (Å²) in [6.07, 6.45) is 0.989. The molecule has 1 heterocycles. The third-order valence-corrected chi connectivity index (χ3v) is 2.37. The van der Waals surface area contributed by atoms with Gasteiger partial charge >= 0.3 is 7.12 Å². The summed E-state index contributed by atoms with van der Waals surface area (Å²) in [4.78, 5) is 0. The minimum atomic E-state index is -0.183. The van der Waals surface area contributed by atoms with E-state index in [-0.39, 0.29) is 7.12 Å². The first-order valence-corrected chi connectivity index (χ1v) is 5.47. The molecule has 1 saturated heterocycles. The van der Waals surface area contributed by atoms with Gasteiger partial charge in [0.05, 0.1) is 0 Å². The molecule has 0 spiro atoms. The lowest BCUT2D eigenvalue weighted by molar-refractivity contribution is 0.143. The number of hydrogen-bond acceptors (Lipinski definition) is 3. The van der Waals surface area contributed by atoms with Crippen molar-refractivity contribution in [3.63, 3.8) is 0 Å². The van der Waals surface area contributed by atoms with Crippen molar-refractivity contribution in [2.75, 3.05) is 25.1 Å². The van der Waals surface area contributed by atoms with Crippen molar-refractivity contribution in [1.82, 2.24) is 0 Å². The fourth-order valence-corrected chi connectivity index (χ4v) is 1.68. The SMILES string of the molecule is CCNc1cccc(B2OCCCO2)c1. The van der Waals surface area contributed by atoms with Gasteiger partial charge in [-0.3, -0.25) is 0 Å². The van der Waals surface area contributed by atoms with E-state index in [1.807, 2.05) is 12.1 Å². The lowest BCUT2D eigenvalue weighted by atomic mass is 9.78. The highest BCUT2D eigenvalue weighted by Crippen LogP contribution is 2.07. The third-order valence-electron chi connectivity index (χ3n) is 2.37. The van der Waals surface area contributed by atoms with Crippen LogP contribution in [0.5, 0.6) is 0 Å². The monoisotopic (exact) mass is 205 g/mol. The normalized spacial score (nSPS) is 16.5. The van der Waals surface area contributed by atoms with Crippen molar-refractivity contribution >= 4 is 18.3 Å². The van der Waals surface area contributed by atoms with Gasteiger partial charge in [-0.15, -0.1) is 0 Å². The second-order valence-electron chi connectivity index (χ2n) is 3.58. The molecule has 15 heavy (non-hydrogen) atoms. The van der Waals surface area contributed by atoms with Crippen molar-refractivity contribution in [1.29, 1.82) is 0 Å². The number of anilines is 1. The van der Waals surface area contributed by atoms with Gasteiger partial charge in [0.25, 0.3) is 0 Å². The Morgan fingerprint density at radius 2 is 2.13 bits per heavy atom. The second-order valence-corrected chi connectivity index (χ2v) is 3.58. The Kier molecular flexibility index (Phi) is 3.64. The van der Waals surface area contributed by atoms with Crippen LogP contribution < -0.4 is 10.8 Å². The Morgan fingerprint density at radius 1 is 1.33 bits per heavy atom. The maximum absolute atomic E-state index is 5.55. The molecule has 1 aliphatic rings. The molecule has 4 heteroatoms. The summed E-state index contributed by atoms with van der Waals surface area (Å²) < 4.78 is 11.1. The van der Waals surface area contributed by atoms with Gasteiger partial charge in [-0.05, 0) is 30.9 Å². The summed E-state index contributed by atoms with van der Waals surface area (Å²) in [6, 6.07) is 8.20. The van der Waals surface area contributed by atoms with E-state index in [1.165, 1.54) is 0 Å². The molecule has 0 unspecified atom stereocenters. The summed E-state index contributed by atoms with van der Waals surface area (Å²) in [7, 11) is -0.183. The van der Waals surface area contributed by atoms with E-state index in [1.54, 1.807) is 0 Å². The molecule has 0 amide bonds. The third kappa shape index (κ3) is 2.73. The van der Waals surface area contributed by atoms with Crippen LogP contribution in [0.3, 0.4) is 0 Å². The molecule has 1 aromatic carbocycles. The largest absolute Gasteiger partial charge is 0.493 e. The number of nitrogens with one attached hydrogen (secondary N) is 1. The molecule has 2 rings (SSSR count). The minimum absolute atomic E-state index is 0.183. The van der Waals surface area contributed by atoms with Crippen LogP contribution in [0.4, 0.5) is 5.69 Å². The molecule has 0 aromatic heterocycles. The van der Waals surface area contributed by atoms with Crippen molar-refractivity contribution in [2.45, 2.75) is 13.3 Å². The first-order valence-electron chi connectivity index (χ1n) is 5.47. The molecule has 0 aliphatic carbocycles. The Labute approximate surface area is 90.9 Å². The van der Waals surface area contributed by atoms with Crippen LogP contribution >= 0.6 is 0 Å². The van der Waals surface area contributed by atoms with Crippen LogP contribution in [0.2, 0.25) is 0 Å². The van der Waals surface area contributed by atoms with E-state index in [4.69, 9.17) is 9.31 Å². The van der Waals surface area contributed by atoms with Crippen molar-refractivity contribution < 1.29 is 9.31 Å². The molecular formula is C11H16BNO2. The van der Waals surface area contributed by atoms with Crippen LogP contribution in [0, 0.1) is 0 Å². The highest BCUT2D eigenvalue weighted by molar-refractivity contribution is 6.61. The van der Waals surface area contributed by atoms with Gasteiger partial charge in [0.1, 0.15) is 0 Å². The zero-order valence-electron chi connectivity index (χ0n) is 9.03. The molecule has 1 N–H and O–H groups in total. The Hall–Kier alpha value is -0.995. The van der Waals surface area contributed by atoms with Gasteiger partial charge < -0.3 is 14.6 Å². The van der Waals surface area contributed by atoms with Crippen molar-refractivity contribution in [3.8, 4) is 0 Å². The van der Waals surface area contributed by atoms with Gasteiger partial charge in [-0.1, -0.05) is 12.1 Å². The predicted octanol–water partition coefficient (Wildman–Crippen LogP) is 1.25. The molecule has 1 aliphatic heterocycles. The van der Waals surface area contributed by atoms with Crippen LogP contribution in [-0.4, -0.2) is 26.9 Å². The van der Waals surface area contributed by atoms with Crippen molar-refractivity contribution in [2.24, 2.45) is 0 Å². The minimum Gasteiger partial charge on any atom is -0.407 e. The Morgan fingerprint density at radius 3 is 2.87 bits per heavy atom. The summed E-state index contributed by atoms with van der Waals surface area (Å²) in [5.41, 5.74) is 2.21. The number of rotatable bonds is 3. The zero-order valence-corrected chi connectivity index (χ0v) is 9.03. The van der Waals surface area contributed by atoms with E-state index in [2.05, 4.69) is 24.4 Å². The molecular weight excluding hydrogens is 189 g/mol.